The van der Waals surface area contributed by atoms with Crippen molar-refractivity contribution in [3.63, 3.8) is 0 Å². The predicted molar refractivity (Wildman–Crippen MR) is 112 cm³/mol. The van der Waals surface area contributed by atoms with E-state index in [0.717, 1.165) is 27.7 Å². The Morgan fingerprint density at radius 1 is 1.26 bits per heavy atom. The minimum absolute atomic E-state index is 0.0740. The van der Waals surface area contributed by atoms with Crippen LogP contribution in [-0.4, -0.2) is 21.8 Å². The number of hydrogen-bond acceptors (Lipinski definition) is 5. The smallest absolute Gasteiger partial charge is 0.264 e. The van der Waals surface area contributed by atoms with Gasteiger partial charge < -0.3 is 9.64 Å². The highest BCUT2D eigenvalue weighted by Gasteiger charge is 2.22. The van der Waals surface area contributed by atoms with E-state index in [1.165, 1.54) is 16.9 Å². The number of carbonyl (C=O) groups is 1. The summed E-state index contributed by atoms with van der Waals surface area (Å²) in [5.41, 5.74) is 2.08. The molecule has 1 amide bonds. The van der Waals surface area contributed by atoms with Crippen LogP contribution in [0.5, 0.6) is 5.75 Å². The number of thiazole rings is 1. The Hall–Kier alpha value is -2.18. The number of benzene rings is 1. The Morgan fingerprint density at radius 2 is 2.11 bits per heavy atom. The standard InChI is InChI=1S/C21H24N2O2S2/c1-4-16(3)23(21(24)19-9-6-10-26-19)12-17-14-27-20(22-17)13-25-18-8-5-7-15(2)11-18/h5-11,14,16H,4,12-13H2,1-3H3. The second-order valence-electron chi connectivity index (χ2n) is 6.51. The van der Waals surface area contributed by atoms with Crippen molar-refractivity contribution in [3.8, 4) is 5.75 Å². The van der Waals surface area contributed by atoms with Gasteiger partial charge in [0.1, 0.15) is 17.4 Å². The molecule has 27 heavy (non-hydrogen) atoms. The first-order valence-corrected chi connectivity index (χ1v) is 10.8. The van der Waals surface area contributed by atoms with Crippen molar-refractivity contribution in [2.75, 3.05) is 0 Å². The number of aryl methyl sites for hydroxylation is 1. The largest absolute Gasteiger partial charge is 0.486 e. The molecule has 0 aliphatic carbocycles. The first kappa shape index (κ1) is 19.6. The highest BCUT2D eigenvalue weighted by atomic mass is 32.1. The SMILES string of the molecule is CCC(C)N(Cc1csc(COc2cccc(C)c2)n1)C(=O)c1cccs1. The number of hydrogen-bond donors (Lipinski definition) is 0. The number of rotatable bonds is 8. The summed E-state index contributed by atoms with van der Waals surface area (Å²) < 4.78 is 5.84. The first-order valence-electron chi connectivity index (χ1n) is 9.04. The number of aromatic nitrogens is 1. The van der Waals surface area contributed by atoms with Gasteiger partial charge in [-0.1, -0.05) is 25.1 Å². The van der Waals surface area contributed by atoms with E-state index < -0.39 is 0 Å². The van der Waals surface area contributed by atoms with E-state index in [-0.39, 0.29) is 11.9 Å². The van der Waals surface area contributed by atoms with Gasteiger partial charge in [0, 0.05) is 11.4 Å². The summed E-state index contributed by atoms with van der Waals surface area (Å²) in [4.78, 5) is 20.2. The molecule has 0 fully saturated rings. The first-order chi connectivity index (χ1) is 13.1. The van der Waals surface area contributed by atoms with E-state index in [4.69, 9.17) is 4.74 Å². The molecule has 0 bridgehead atoms. The molecule has 0 aliphatic heterocycles. The summed E-state index contributed by atoms with van der Waals surface area (Å²) >= 11 is 3.05. The molecule has 0 radical (unpaired) electrons. The zero-order valence-corrected chi connectivity index (χ0v) is 17.5. The highest BCUT2D eigenvalue weighted by Crippen LogP contribution is 2.21. The summed E-state index contributed by atoms with van der Waals surface area (Å²) in [6.45, 7) is 7.19. The van der Waals surface area contributed by atoms with E-state index in [0.29, 0.717) is 13.2 Å². The normalized spacial score (nSPS) is 12.0. The van der Waals surface area contributed by atoms with Gasteiger partial charge in [-0.3, -0.25) is 4.79 Å². The monoisotopic (exact) mass is 400 g/mol. The van der Waals surface area contributed by atoms with Gasteiger partial charge >= 0.3 is 0 Å². The van der Waals surface area contributed by atoms with Gasteiger partial charge in [-0.15, -0.1) is 22.7 Å². The van der Waals surface area contributed by atoms with Crippen molar-refractivity contribution in [1.29, 1.82) is 0 Å². The fraction of sp³-hybridized carbons (Fsp3) is 0.333. The Morgan fingerprint density at radius 3 is 2.81 bits per heavy atom. The van der Waals surface area contributed by atoms with Crippen LogP contribution in [0, 0.1) is 6.92 Å². The van der Waals surface area contributed by atoms with E-state index in [9.17, 15) is 4.79 Å². The molecule has 3 aromatic rings. The third kappa shape index (κ3) is 5.17. The zero-order valence-electron chi connectivity index (χ0n) is 15.8. The number of carbonyl (C=O) groups excluding carboxylic acids is 1. The molecule has 0 spiro atoms. The average molecular weight is 401 g/mol. The van der Waals surface area contributed by atoms with Crippen molar-refractivity contribution >= 4 is 28.6 Å². The Kier molecular flexibility index (Phi) is 6.63. The number of ether oxygens (including phenoxy) is 1. The van der Waals surface area contributed by atoms with Gasteiger partial charge in [0.15, 0.2) is 0 Å². The maximum Gasteiger partial charge on any atom is 0.264 e. The van der Waals surface area contributed by atoms with E-state index in [2.05, 4.69) is 18.8 Å². The topological polar surface area (TPSA) is 42.4 Å². The molecular weight excluding hydrogens is 376 g/mol. The van der Waals surface area contributed by atoms with Crippen LogP contribution in [0.4, 0.5) is 0 Å². The summed E-state index contributed by atoms with van der Waals surface area (Å²) in [6, 6.07) is 11.9. The zero-order chi connectivity index (χ0) is 19.2. The van der Waals surface area contributed by atoms with Crippen LogP contribution in [0.25, 0.3) is 0 Å². The number of thiophene rings is 1. The molecule has 3 rings (SSSR count). The fourth-order valence-corrected chi connectivity index (χ4v) is 4.08. The summed E-state index contributed by atoms with van der Waals surface area (Å²) in [7, 11) is 0. The Balaban J connectivity index is 1.66. The highest BCUT2D eigenvalue weighted by molar-refractivity contribution is 7.12. The molecule has 0 saturated carbocycles. The molecule has 0 N–H and O–H groups in total. The van der Waals surface area contributed by atoms with Crippen molar-refractivity contribution in [1.82, 2.24) is 9.88 Å². The molecule has 2 aromatic heterocycles. The minimum Gasteiger partial charge on any atom is -0.486 e. The third-order valence-corrected chi connectivity index (χ3v) is 6.13. The van der Waals surface area contributed by atoms with Crippen LogP contribution in [0.2, 0.25) is 0 Å². The molecule has 6 heteroatoms. The molecule has 0 saturated heterocycles. The summed E-state index contributed by atoms with van der Waals surface area (Å²) in [5, 5.41) is 4.87. The Labute approximate surface area is 168 Å². The lowest BCUT2D eigenvalue weighted by Crippen LogP contribution is -2.37. The molecule has 142 valence electrons. The van der Waals surface area contributed by atoms with E-state index in [1.807, 2.05) is 59.0 Å². The van der Waals surface area contributed by atoms with Crippen molar-refractivity contribution in [2.24, 2.45) is 0 Å². The molecule has 1 aromatic carbocycles. The minimum atomic E-state index is 0.0740. The maximum atomic E-state index is 12.8. The second-order valence-corrected chi connectivity index (χ2v) is 8.40. The molecule has 0 aliphatic rings. The van der Waals surface area contributed by atoms with Gasteiger partial charge in [-0.25, -0.2) is 4.98 Å². The van der Waals surface area contributed by atoms with Gasteiger partial charge in [0.25, 0.3) is 5.91 Å². The maximum absolute atomic E-state index is 12.8. The average Bonchev–Trinajstić information content (AvgIpc) is 3.35. The number of amides is 1. The van der Waals surface area contributed by atoms with Crippen LogP contribution in [0.15, 0.2) is 47.2 Å². The molecule has 2 heterocycles. The molecule has 4 nitrogen and oxygen atoms in total. The lowest BCUT2D eigenvalue weighted by molar-refractivity contribution is 0.0674. The Bertz CT molecular complexity index is 874. The molecular formula is C21H24N2O2S2. The van der Waals surface area contributed by atoms with Crippen LogP contribution in [0.1, 0.15) is 46.2 Å². The summed E-state index contributed by atoms with van der Waals surface area (Å²) in [5.74, 6) is 0.922. The van der Waals surface area contributed by atoms with Crippen LogP contribution in [0.3, 0.4) is 0 Å². The van der Waals surface area contributed by atoms with Crippen LogP contribution in [-0.2, 0) is 13.2 Å². The van der Waals surface area contributed by atoms with E-state index >= 15 is 0 Å². The second kappa shape index (κ2) is 9.15. The van der Waals surface area contributed by atoms with Gasteiger partial charge in [0.05, 0.1) is 17.1 Å². The van der Waals surface area contributed by atoms with Crippen LogP contribution >= 0.6 is 22.7 Å². The fourth-order valence-electron chi connectivity index (χ4n) is 2.70. The van der Waals surface area contributed by atoms with Crippen LogP contribution < -0.4 is 4.74 Å². The van der Waals surface area contributed by atoms with Crippen molar-refractivity contribution in [3.05, 3.63) is 68.3 Å². The third-order valence-electron chi connectivity index (χ3n) is 4.40. The van der Waals surface area contributed by atoms with Gasteiger partial charge in [0.2, 0.25) is 0 Å². The van der Waals surface area contributed by atoms with Gasteiger partial charge in [-0.05, 0) is 49.4 Å². The van der Waals surface area contributed by atoms with Gasteiger partial charge in [-0.2, -0.15) is 0 Å². The lowest BCUT2D eigenvalue weighted by atomic mass is 10.2. The quantitative estimate of drug-likeness (QED) is 0.499. The van der Waals surface area contributed by atoms with Crippen molar-refractivity contribution < 1.29 is 9.53 Å². The summed E-state index contributed by atoms with van der Waals surface area (Å²) in [6.07, 6.45) is 0.907. The number of nitrogens with zero attached hydrogens (tertiary/aromatic N) is 2. The van der Waals surface area contributed by atoms with E-state index in [1.54, 1.807) is 11.3 Å². The lowest BCUT2D eigenvalue weighted by Gasteiger charge is -2.27. The molecule has 1 atom stereocenters. The molecule has 1 unspecified atom stereocenters. The van der Waals surface area contributed by atoms with Crippen molar-refractivity contribution in [2.45, 2.75) is 46.4 Å². The predicted octanol–water partition coefficient (Wildman–Crippen LogP) is 5.53.